The van der Waals surface area contributed by atoms with E-state index in [0.29, 0.717) is 5.02 Å². The van der Waals surface area contributed by atoms with Crippen LogP contribution in [0.5, 0.6) is 5.75 Å². The van der Waals surface area contributed by atoms with Crippen molar-refractivity contribution in [1.82, 2.24) is 0 Å². The minimum absolute atomic E-state index is 0.266. The van der Waals surface area contributed by atoms with Gasteiger partial charge in [-0.25, -0.2) is 0 Å². The van der Waals surface area contributed by atoms with Crippen molar-refractivity contribution in [2.75, 3.05) is 7.11 Å². The van der Waals surface area contributed by atoms with Gasteiger partial charge >= 0.3 is 0 Å². The Hall–Kier alpha value is -0.250. The summed E-state index contributed by atoms with van der Waals surface area (Å²) in [6, 6.07) is 3.68. The molecule has 0 unspecified atom stereocenters. The van der Waals surface area contributed by atoms with Crippen molar-refractivity contribution in [3.63, 3.8) is 0 Å². The molecule has 0 amide bonds. The normalized spacial score (nSPS) is 11.6. The van der Waals surface area contributed by atoms with Gasteiger partial charge in [0.25, 0.3) is 0 Å². The number of ether oxygens (including phenoxy) is 1. The van der Waals surface area contributed by atoms with Crippen molar-refractivity contribution in [2.24, 2.45) is 5.73 Å². The predicted octanol–water partition coefficient (Wildman–Crippen LogP) is 3.39. The minimum Gasteiger partial charge on any atom is -0.496 e. The molecule has 0 aliphatic carbocycles. The molecule has 0 fully saturated rings. The molecule has 4 heteroatoms. The second kappa shape index (κ2) is 4.73. The van der Waals surface area contributed by atoms with Gasteiger partial charge in [0.05, 0.1) is 11.6 Å². The number of methoxy groups -OCH3 is 1. The van der Waals surface area contributed by atoms with E-state index in [0.717, 1.165) is 22.2 Å². The summed E-state index contributed by atoms with van der Waals surface area (Å²) < 4.78 is 6.13. The molecule has 15 heavy (non-hydrogen) atoms. The average Bonchev–Trinajstić information content (AvgIpc) is 2.08. The molecule has 0 bridgehead atoms. The Morgan fingerprint density at radius 2 is 2.07 bits per heavy atom. The highest BCUT2D eigenvalue weighted by molar-refractivity contribution is 9.10. The van der Waals surface area contributed by atoms with E-state index in [1.165, 1.54) is 0 Å². The van der Waals surface area contributed by atoms with E-state index in [1.54, 1.807) is 13.2 Å². The smallest absolute Gasteiger partial charge is 0.134 e. The molecule has 2 N–H and O–H groups in total. The van der Waals surface area contributed by atoms with E-state index >= 15 is 0 Å². The summed E-state index contributed by atoms with van der Waals surface area (Å²) in [5, 5.41) is 0.661. The third-order valence-corrected chi connectivity index (χ3v) is 3.06. The van der Waals surface area contributed by atoms with Crippen LogP contribution in [0, 0.1) is 0 Å². The lowest BCUT2D eigenvalue weighted by molar-refractivity contribution is 0.410. The summed E-state index contributed by atoms with van der Waals surface area (Å²) in [4.78, 5) is 0. The zero-order valence-corrected chi connectivity index (χ0v) is 11.4. The number of nitrogens with two attached hydrogens (primary N) is 1. The summed E-state index contributed by atoms with van der Waals surface area (Å²) >= 11 is 9.48. The molecule has 0 saturated heterocycles. The third kappa shape index (κ3) is 3.67. The van der Waals surface area contributed by atoms with Crippen LogP contribution in [0.4, 0.5) is 0 Å². The highest BCUT2D eigenvalue weighted by Crippen LogP contribution is 2.33. The fourth-order valence-corrected chi connectivity index (χ4v) is 2.15. The molecule has 84 valence electrons. The van der Waals surface area contributed by atoms with Gasteiger partial charge in [0.1, 0.15) is 5.75 Å². The minimum atomic E-state index is -0.266. The molecular weight excluding hydrogens is 277 g/mol. The highest BCUT2D eigenvalue weighted by Gasteiger charge is 2.16. The molecule has 1 rings (SSSR count). The van der Waals surface area contributed by atoms with E-state index in [2.05, 4.69) is 15.9 Å². The van der Waals surface area contributed by atoms with Gasteiger partial charge in [-0.2, -0.15) is 0 Å². The summed E-state index contributed by atoms with van der Waals surface area (Å²) in [7, 11) is 1.62. The summed E-state index contributed by atoms with van der Waals surface area (Å²) in [5.74, 6) is 0.738. The van der Waals surface area contributed by atoms with Crippen molar-refractivity contribution in [2.45, 2.75) is 25.8 Å². The maximum atomic E-state index is 5.99. The molecule has 2 nitrogen and oxygen atoms in total. The van der Waals surface area contributed by atoms with Crippen LogP contribution in [-0.2, 0) is 6.42 Å². The Labute approximate surface area is 104 Å². The average molecular weight is 293 g/mol. The SMILES string of the molecule is COc1cc(Cl)cc(CC(C)(C)N)c1Br. The highest BCUT2D eigenvalue weighted by atomic mass is 79.9. The van der Waals surface area contributed by atoms with E-state index in [1.807, 2.05) is 19.9 Å². The number of benzene rings is 1. The van der Waals surface area contributed by atoms with Crippen LogP contribution >= 0.6 is 27.5 Å². The first-order valence-corrected chi connectivity index (χ1v) is 5.81. The first kappa shape index (κ1) is 12.8. The fourth-order valence-electron chi connectivity index (χ4n) is 1.39. The van der Waals surface area contributed by atoms with Crippen LogP contribution in [0.3, 0.4) is 0 Å². The summed E-state index contributed by atoms with van der Waals surface area (Å²) in [6.45, 7) is 3.96. The van der Waals surface area contributed by atoms with Gasteiger partial charge in [0.15, 0.2) is 0 Å². The Morgan fingerprint density at radius 3 is 2.53 bits per heavy atom. The van der Waals surface area contributed by atoms with Gasteiger partial charge in [-0.1, -0.05) is 11.6 Å². The second-order valence-electron chi connectivity index (χ2n) is 4.25. The van der Waals surface area contributed by atoms with Crippen LogP contribution < -0.4 is 10.5 Å². The molecule has 1 aromatic carbocycles. The lowest BCUT2D eigenvalue weighted by Gasteiger charge is -2.20. The lowest BCUT2D eigenvalue weighted by atomic mass is 9.96. The van der Waals surface area contributed by atoms with Gasteiger partial charge in [0.2, 0.25) is 0 Å². The molecule has 0 spiro atoms. The van der Waals surface area contributed by atoms with Gasteiger partial charge in [-0.15, -0.1) is 0 Å². The van der Waals surface area contributed by atoms with Gasteiger partial charge < -0.3 is 10.5 Å². The molecule has 0 radical (unpaired) electrons. The first-order chi connectivity index (χ1) is 6.83. The number of rotatable bonds is 3. The summed E-state index contributed by atoms with van der Waals surface area (Å²) in [5.41, 5.74) is 6.77. The Balaban J connectivity index is 3.12. The van der Waals surface area contributed by atoms with E-state index in [-0.39, 0.29) is 5.54 Å². The Bertz CT molecular complexity index is 360. The molecule has 0 aliphatic heterocycles. The van der Waals surface area contributed by atoms with Crippen LogP contribution in [0.2, 0.25) is 5.02 Å². The molecule has 0 heterocycles. The van der Waals surface area contributed by atoms with Crippen molar-refractivity contribution in [1.29, 1.82) is 0 Å². The Kier molecular flexibility index (Phi) is 4.04. The number of hydrogen-bond donors (Lipinski definition) is 1. The van der Waals surface area contributed by atoms with Gasteiger partial charge in [-0.05, 0) is 53.9 Å². The predicted molar refractivity (Wildman–Crippen MR) is 67.7 cm³/mol. The third-order valence-electron chi connectivity index (χ3n) is 1.95. The lowest BCUT2D eigenvalue weighted by Crippen LogP contribution is -2.34. The van der Waals surface area contributed by atoms with E-state index in [4.69, 9.17) is 22.1 Å². The first-order valence-electron chi connectivity index (χ1n) is 4.64. The van der Waals surface area contributed by atoms with E-state index < -0.39 is 0 Å². The molecular formula is C11H15BrClNO. The van der Waals surface area contributed by atoms with Gasteiger partial charge in [-0.3, -0.25) is 0 Å². The van der Waals surface area contributed by atoms with Crippen LogP contribution in [0.1, 0.15) is 19.4 Å². The molecule has 0 aromatic heterocycles. The second-order valence-corrected chi connectivity index (χ2v) is 5.48. The quantitative estimate of drug-likeness (QED) is 0.927. The van der Waals surface area contributed by atoms with Crippen molar-refractivity contribution in [3.05, 3.63) is 27.2 Å². The van der Waals surface area contributed by atoms with Crippen molar-refractivity contribution >= 4 is 27.5 Å². The number of hydrogen-bond acceptors (Lipinski definition) is 2. The maximum absolute atomic E-state index is 5.99. The molecule has 0 aliphatic rings. The monoisotopic (exact) mass is 291 g/mol. The largest absolute Gasteiger partial charge is 0.496 e. The zero-order valence-electron chi connectivity index (χ0n) is 9.10. The maximum Gasteiger partial charge on any atom is 0.134 e. The zero-order chi connectivity index (χ0) is 11.6. The van der Waals surface area contributed by atoms with E-state index in [9.17, 15) is 0 Å². The van der Waals surface area contributed by atoms with Crippen molar-refractivity contribution < 1.29 is 4.74 Å². The number of halogens is 2. The molecule has 1 aromatic rings. The Morgan fingerprint density at radius 1 is 1.47 bits per heavy atom. The van der Waals surface area contributed by atoms with Crippen LogP contribution in [0.25, 0.3) is 0 Å². The molecule has 0 atom stereocenters. The van der Waals surface area contributed by atoms with Crippen LogP contribution in [-0.4, -0.2) is 12.6 Å². The molecule has 0 saturated carbocycles. The summed E-state index contributed by atoms with van der Waals surface area (Å²) in [6.07, 6.45) is 0.741. The standard InChI is InChI=1S/C11H15BrClNO/c1-11(2,14)6-7-4-8(13)5-9(15-3)10(7)12/h4-5H,6,14H2,1-3H3. The van der Waals surface area contributed by atoms with Crippen LogP contribution in [0.15, 0.2) is 16.6 Å². The fraction of sp³-hybridized carbons (Fsp3) is 0.455. The topological polar surface area (TPSA) is 35.2 Å². The van der Waals surface area contributed by atoms with Crippen molar-refractivity contribution in [3.8, 4) is 5.75 Å². The van der Waals surface area contributed by atoms with Gasteiger partial charge in [0, 0.05) is 10.6 Å².